The maximum absolute atomic E-state index is 12.0. The van der Waals surface area contributed by atoms with Crippen molar-refractivity contribution in [3.8, 4) is 17.2 Å². The summed E-state index contributed by atoms with van der Waals surface area (Å²) >= 11 is 0. The highest BCUT2D eigenvalue weighted by Gasteiger charge is 2.29. The number of nitrogens with zero attached hydrogens (tertiary/aromatic N) is 3. The van der Waals surface area contributed by atoms with Gasteiger partial charge in [-0.15, -0.1) is 0 Å². The molecule has 6 heteroatoms. The van der Waals surface area contributed by atoms with Crippen molar-refractivity contribution in [2.45, 2.75) is 25.4 Å². The first-order valence-electron chi connectivity index (χ1n) is 9.27. The lowest BCUT2D eigenvalue weighted by Crippen LogP contribution is -2.22. The van der Waals surface area contributed by atoms with Gasteiger partial charge in [-0.3, -0.25) is 4.79 Å². The Morgan fingerprint density at radius 1 is 1.26 bits per heavy atom. The molecular formula is C21H22N4O2. The molecule has 1 saturated carbocycles. The fraction of sp³-hybridized carbons (Fsp3) is 0.381. The lowest BCUT2D eigenvalue weighted by molar-refractivity contribution is -0.117. The van der Waals surface area contributed by atoms with E-state index in [9.17, 15) is 10.1 Å². The van der Waals surface area contributed by atoms with Crippen LogP contribution in [0.2, 0.25) is 0 Å². The minimum absolute atomic E-state index is 0.0365. The van der Waals surface area contributed by atoms with Crippen LogP contribution in [-0.2, 0) is 9.53 Å². The number of hydrogen-bond acceptors (Lipinski definition) is 5. The van der Waals surface area contributed by atoms with Crippen LogP contribution in [0.25, 0.3) is 11.1 Å². The number of ether oxygens (including phenoxy) is 1. The minimum atomic E-state index is 0.0365. The van der Waals surface area contributed by atoms with E-state index < -0.39 is 0 Å². The van der Waals surface area contributed by atoms with E-state index in [4.69, 9.17) is 4.74 Å². The minimum Gasteiger partial charge on any atom is -0.380 e. The first-order valence-corrected chi connectivity index (χ1v) is 9.27. The van der Waals surface area contributed by atoms with Gasteiger partial charge in [0.25, 0.3) is 0 Å². The smallest absolute Gasteiger partial charge is 0.228 e. The predicted octanol–water partition coefficient (Wildman–Crippen LogP) is 3.19. The number of anilines is 2. The molecule has 1 aliphatic heterocycles. The Morgan fingerprint density at radius 2 is 2.07 bits per heavy atom. The van der Waals surface area contributed by atoms with E-state index in [1.807, 2.05) is 30.3 Å². The van der Waals surface area contributed by atoms with Gasteiger partial charge in [0.2, 0.25) is 5.91 Å². The van der Waals surface area contributed by atoms with Gasteiger partial charge in [-0.05, 0) is 54.7 Å². The van der Waals surface area contributed by atoms with E-state index in [1.165, 1.54) is 0 Å². The normalized spacial score (nSPS) is 19.0. The molecule has 27 heavy (non-hydrogen) atoms. The fourth-order valence-corrected chi connectivity index (χ4v) is 3.47. The van der Waals surface area contributed by atoms with Crippen molar-refractivity contribution in [2.75, 3.05) is 30.4 Å². The van der Waals surface area contributed by atoms with Crippen molar-refractivity contribution in [3.63, 3.8) is 0 Å². The number of carbonyl (C=O) groups is 1. The van der Waals surface area contributed by atoms with E-state index >= 15 is 0 Å². The molecule has 2 heterocycles. The first kappa shape index (κ1) is 17.5. The van der Waals surface area contributed by atoms with Crippen LogP contribution in [0.4, 0.5) is 11.5 Å². The van der Waals surface area contributed by atoms with E-state index in [-0.39, 0.29) is 17.9 Å². The van der Waals surface area contributed by atoms with Crippen LogP contribution < -0.4 is 10.2 Å². The summed E-state index contributed by atoms with van der Waals surface area (Å²) in [5.74, 6) is 0.722. The van der Waals surface area contributed by atoms with Crippen LogP contribution in [0, 0.1) is 17.2 Å². The van der Waals surface area contributed by atoms with Gasteiger partial charge in [-0.2, -0.15) is 5.26 Å². The topological polar surface area (TPSA) is 78.2 Å². The maximum atomic E-state index is 12.0. The molecule has 2 aliphatic rings. The number of benzene rings is 1. The number of pyridine rings is 1. The summed E-state index contributed by atoms with van der Waals surface area (Å²) in [5, 5.41) is 12.5. The molecule has 0 bridgehead atoms. The van der Waals surface area contributed by atoms with Gasteiger partial charge in [0.1, 0.15) is 11.9 Å². The highest BCUT2D eigenvalue weighted by atomic mass is 16.5. The van der Waals surface area contributed by atoms with Crippen molar-refractivity contribution >= 4 is 17.4 Å². The Morgan fingerprint density at radius 3 is 2.78 bits per heavy atom. The third-order valence-electron chi connectivity index (χ3n) is 5.23. The fourth-order valence-electron chi connectivity index (χ4n) is 3.47. The number of hydrogen-bond donors (Lipinski definition) is 1. The number of amides is 1. The maximum Gasteiger partial charge on any atom is 0.228 e. The number of methoxy groups -OCH3 is 1. The molecular weight excluding hydrogens is 340 g/mol. The van der Waals surface area contributed by atoms with E-state index in [0.717, 1.165) is 49.2 Å². The molecule has 6 nitrogen and oxygen atoms in total. The standard InChI is InChI=1S/C21H22N4O2/c1-27-18-7-9-25(13-18)19-5-4-15(10-17(19)12-22)16-6-8-23-20(11-16)24-21(26)14-2-3-14/h4-6,8,10-11,14,18H,2-3,7,9,13H2,1H3,(H,23,24,26)/t18-/m1/s1. The highest BCUT2D eigenvalue weighted by Crippen LogP contribution is 2.32. The van der Waals surface area contributed by atoms with Crippen molar-refractivity contribution < 1.29 is 9.53 Å². The number of carbonyl (C=O) groups excluding carboxylic acids is 1. The van der Waals surface area contributed by atoms with Gasteiger partial charge in [0, 0.05) is 32.3 Å². The molecule has 1 aromatic heterocycles. The Bertz CT molecular complexity index is 901. The average Bonchev–Trinajstić information content (AvgIpc) is 3.45. The zero-order chi connectivity index (χ0) is 18.8. The number of rotatable bonds is 5. The van der Waals surface area contributed by atoms with Gasteiger partial charge < -0.3 is 15.0 Å². The van der Waals surface area contributed by atoms with E-state index in [2.05, 4.69) is 21.3 Å². The van der Waals surface area contributed by atoms with Crippen molar-refractivity contribution in [2.24, 2.45) is 5.92 Å². The van der Waals surface area contributed by atoms with Crippen LogP contribution in [-0.4, -0.2) is 37.2 Å². The third kappa shape index (κ3) is 3.79. The van der Waals surface area contributed by atoms with Gasteiger partial charge in [-0.1, -0.05) is 6.07 Å². The Hall–Kier alpha value is -2.91. The molecule has 1 aliphatic carbocycles. The molecule has 138 valence electrons. The molecule has 1 aromatic carbocycles. The van der Waals surface area contributed by atoms with Crippen molar-refractivity contribution in [1.82, 2.24) is 4.98 Å². The summed E-state index contributed by atoms with van der Waals surface area (Å²) < 4.78 is 5.43. The molecule has 2 fully saturated rings. The Kier molecular flexibility index (Phi) is 4.78. The van der Waals surface area contributed by atoms with Crippen LogP contribution in [0.15, 0.2) is 36.5 Å². The summed E-state index contributed by atoms with van der Waals surface area (Å²) in [5.41, 5.74) is 3.44. The van der Waals surface area contributed by atoms with E-state index in [1.54, 1.807) is 13.3 Å². The summed E-state index contributed by atoms with van der Waals surface area (Å²) in [6.07, 6.45) is 4.78. The van der Waals surface area contributed by atoms with Gasteiger partial charge in [0.15, 0.2) is 0 Å². The molecule has 1 amide bonds. The lowest BCUT2D eigenvalue weighted by atomic mass is 10.0. The van der Waals surface area contributed by atoms with Gasteiger partial charge in [-0.25, -0.2) is 4.98 Å². The van der Waals surface area contributed by atoms with Crippen LogP contribution >= 0.6 is 0 Å². The highest BCUT2D eigenvalue weighted by molar-refractivity contribution is 5.93. The summed E-state index contributed by atoms with van der Waals surface area (Å²) in [7, 11) is 1.73. The average molecular weight is 362 g/mol. The number of nitriles is 1. The zero-order valence-electron chi connectivity index (χ0n) is 15.3. The quantitative estimate of drug-likeness (QED) is 0.884. The Balaban J connectivity index is 1.57. The van der Waals surface area contributed by atoms with Crippen molar-refractivity contribution in [3.05, 3.63) is 42.1 Å². The molecule has 2 aromatic rings. The van der Waals surface area contributed by atoms with Crippen LogP contribution in [0.5, 0.6) is 0 Å². The molecule has 0 radical (unpaired) electrons. The summed E-state index contributed by atoms with van der Waals surface area (Å²) in [6, 6.07) is 12.0. The molecule has 0 spiro atoms. The second-order valence-electron chi connectivity index (χ2n) is 7.13. The largest absolute Gasteiger partial charge is 0.380 e. The zero-order valence-corrected chi connectivity index (χ0v) is 15.3. The third-order valence-corrected chi connectivity index (χ3v) is 5.23. The second-order valence-corrected chi connectivity index (χ2v) is 7.13. The summed E-state index contributed by atoms with van der Waals surface area (Å²) in [6.45, 7) is 1.69. The Labute approximate surface area is 158 Å². The molecule has 1 atom stereocenters. The lowest BCUT2D eigenvalue weighted by Gasteiger charge is -2.20. The van der Waals surface area contributed by atoms with Crippen LogP contribution in [0.3, 0.4) is 0 Å². The van der Waals surface area contributed by atoms with Crippen molar-refractivity contribution in [1.29, 1.82) is 5.26 Å². The molecule has 0 unspecified atom stereocenters. The predicted molar refractivity (Wildman–Crippen MR) is 103 cm³/mol. The monoisotopic (exact) mass is 362 g/mol. The second kappa shape index (κ2) is 7.37. The van der Waals surface area contributed by atoms with Gasteiger partial charge in [0.05, 0.1) is 17.4 Å². The summed E-state index contributed by atoms with van der Waals surface area (Å²) in [4.78, 5) is 18.4. The van der Waals surface area contributed by atoms with E-state index in [0.29, 0.717) is 11.4 Å². The number of aromatic nitrogens is 1. The van der Waals surface area contributed by atoms with Crippen LogP contribution in [0.1, 0.15) is 24.8 Å². The molecule has 1 saturated heterocycles. The molecule has 1 N–H and O–H groups in total. The SMILES string of the molecule is CO[C@@H]1CCN(c2ccc(-c3ccnc(NC(=O)C4CC4)c3)cc2C#N)C1. The van der Waals surface area contributed by atoms with Gasteiger partial charge >= 0.3 is 0 Å². The first-order chi connectivity index (χ1) is 13.2. The number of nitrogens with one attached hydrogen (secondary N) is 1. The molecule has 4 rings (SSSR count).